The Morgan fingerprint density at radius 2 is 2.00 bits per heavy atom. The Morgan fingerprint density at radius 3 is 2.53 bits per heavy atom. The molecule has 0 amide bonds. The number of hydrogen-bond acceptors (Lipinski definition) is 2. The second-order valence-electron chi connectivity index (χ2n) is 7.55. The summed E-state index contributed by atoms with van der Waals surface area (Å²) >= 11 is 0. The van der Waals surface area contributed by atoms with E-state index in [1.165, 1.54) is 19.3 Å². The quantitative estimate of drug-likeness (QED) is 0.769. The Hall–Kier alpha value is -0.550. The fourth-order valence-corrected chi connectivity index (χ4v) is 5.52. The van der Waals surface area contributed by atoms with Crippen molar-refractivity contribution in [3.63, 3.8) is 0 Å². The topological polar surface area (TPSA) is 33.0 Å². The smallest absolute Gasteiger partial charge is 0.0661 e. The summed E-state index contributed by atoms with van der Waals surface area (Å²) < 4.78 is 5.31. The molecule has 0 aromatic rings. The number of fused-ring (bicyclic) bond motifs is 1. The van der Waals surface area contributed by atoms with Crippen molar-refractivity contribution in [2.75, 3.05) is 13.7 Å². The van der Waals surface area contributed by atoms with E-state index in [0.717, 1.165) is 49.0 Å². The molecular weight excluding hydrogens is 234 g/mol. The van der Waals surface area contributed by atoms with Crippen molar-refractivity contribution in [1.82, 2.24) is 0 Å². The minimum absolute atomic E-state index is 0.208. The predicted molar refractivity (Wildman–Crippen MR) is 75.3 cm³/mol. The molecule has 0 N–H and O–H groups in total. The number of ether oxygens (including phenoxy) is 1. The van der Waals surface area contributed by atoms with E-state index in [9.17, 15) is 5.26 Å². The van der Waals surface area contributed by atoms with Crippen LogP contribution in [0.5, 0.6) is 0 Å². The molecule has 0 saturated heterocycles. The van der Waals surface area contributed by atoms with Crippen molar-refractivity contribution < 1.29 is 4.74 Å². The third-order valence-corrected chi connectivity index (χ3v) is 6.95. The van der Waals surface area contributed by atoms with Crippen molar-refractivity contribution in [3.8, 4) is 6.07 Å². The van der Waals surface area contributed by atoms with Crippen LogP contribution in [0.3, 0.4) is 0 Å². The van der Waals surface area contributed by atoms with Gasteiger partial charge in [-0.15, -0.1) is 0 Å². The Kier molecular flexibility index (Phi) is 3.38. The van der Waals surface area contributed by atoms with Crippen molar-refractivity contribution in [2.45, 2.75) is 46.0 Å². The lowest BCUT2D eigenvalue weighted by Crippen LogP contribution is -2.54. The van der Waals surface area contributed by atoms with E-state index in [2.05, 4.69) is 19.9 Å². The lowest BCUT2D eigenvalue weighted by atomic mass is 9.44. The summed E-state index contributed by atoms with van der Waals surface area (Å²) in [5.74, 6) is 4.95. The second-order valence-corrected chi connectivity index (χ2v) is 7.55. The molecule has 0 aromatic heterocycles. The highest BCUT2D eigenvalue weighted by atomic mass is 16.5. The van der Waals surface area contributed by atoms with Gasteiger partial charge < -0.3 is 4.74 Å². The molecule has 7 atom stereocenters. The van der Waals surface area contributed by atoms with Gasteiger partial charge in [0.05, 0.1) is 12.0 Å². The molecule has 2 heteroatoms. The molecule has 0 radical (unpaired) electrons. The molecule has 0 aliphatic heterocycles. The fraction of sp³-hybridized carbons (Fsp3) is 0.941. The normalized spacial score (nSPS) is 51.9. The van der Waals surface area contributed by atoms with Gasteiger partial charge in [0.15, 0.2) is 0 Å². The van der Waals surface area contributed by atoms with Crippen LogP contribution in [0.15, 0.2) is 0 Å². The highest BCUT2D eigenvalue weighted by molar-refractivity contribution is 5.11. The van der Waals surface area contributed by atoms with E-state index in [4.69, 9.17) is 4.74 Å². The first-order valence-corrected chi connectivity index (χ1v) is 8.00. The molecule has 0 aromatic carbocycles. The number of rotatable bonds is 4. The lowest BCUT2D eigenvalue weighted by Gasteiger charge is -2.61. The van der Waals surface area contributed by atoms with E-state index < -0.39 is 0 Å². The van der Waals surface area contributed by atoms with Crippen LogP contribution < -0.4 is 0 Å². The van der Waals surface area contributed by atoms with Gasteiger partial charge in [0, 0.05) is 13.7 Å². The molecule has 0 spiro atoms. The van der Waals surface area contributed by atoms with E-state index in [0.29, 0.717) is 0 Å². The molecule has 3 aliphatic rings. The van der Waals surface area contributed by atoms with Crippen LogP contribution in [0.1, 0.15) is 46.0 Å². The maximum atomic E-state index is 9.47. The molecule has 106 valence electrons. The first-order valence-electron chi connectivity index (χ1n) is 8.00. The van der Waals surface area contributed by atoms with E-state index in [1.807, 2.05) is 0 Å². The van der Waals surface area contributed by atoms with Gasteiger partial charge in [-0.25, -0.2) is 0 Å². The van der Waals surface area contributed by atoms with Gasteiger partial charge in [0.1, 0.15) is 0 Å². The third-order valence-electron chi connectivity index (χ3n) is 6.95. The predicted octanol–water partition coefficient (Wildman–Crippen LogP) is 3.87. The fourth-order valence-electron chi connectivity index (χ4n) is 5.52. The summed E-state index contributed by atoms with van der Waals surface area (Å²) in [6.45, 7) is 5.59. The lowest BCUT2D eigenvalue weighted by molar-refractivity contribution is -0.127. The molecule has 3 rings (SSSR count). The Bertz CT molecular complexity index is 387. The van der Waals surface area contributed by atoms with Crippen LogP contribution in [0.25, 0.3) is 0 Å². The summed E-state index contributed by atoms with van der Waals surface area (Å²) in [5, 5.41) is 9.47. The second kappa shape index (κ2) is 4.77. The minimum Gasteiger partial charge on any atom is -0.385 e. The average molecular weight is 261 g/mol. The molecule has 2 nitrogen and oxygen atoms in total. The summed E-state index contributed by atoms with van der Waals surface area (Å²) in [6, 6.07) is 2.59. The highest BCUT2D eigenvalue weighted by Gasteiger charge is 2.59. The average Bonchev–Trinajstić information content (AvgIpc) is 2.71. The van der Waals surface area contributed by atoms with Crippen LogP contribution in [0.2, 0.25) is 0 Å². The maximum absolute atomic E-state index is 9.47. The van der Waals surface area contributed by atoms with Crippen LogP contribution in [-0.2, 0) is 4.74 Å². The highest BCUT2D eigenvalue weighted by Crippen LogP contribution is 2.66. The van der Waals surface area contributed by atoms with Gasteiger partial charge in [-0.3, -0.25) is 0 Å². The van der Waals surface area contributed by atoms with Gasteiger partial charge in [-0.2, -0.15) is 5.26 Å². The van der Waals surface area contributed by atoms with Crippen LogP contribution in [-0.4, -0.2) is 13.7 Å². The summed E-state index contributed by atoms with van der Waals surface area (Å²) in [7, 11) is 1.78. The van der Waals surface area contributed by atoms with Gasteiger partial charge in [-0.1, -0.05) is 13.8 Å². The summed E-state index contributed by atoms with van der Waals surface area (Å²) in [6.07, 6.45) is 6.35. The SMILES string of the molecule is COCC[C@]1(C)[C@@H](C#N)CC[C@H]1[C@@H]1CC2C(C)CC21. The Labute approximate surface area is 117 Å². The van der Waals surface area contributed by atoms with Crippen molar-refractivity contribution >= 4 is 0 Å². The molecular formula is C17H27NO. The zero-order valence-electron chi connectivity index (χ0n) is 12.6. The third kappa shape index (κ3) is 1.85. The van der Waals surface area contributed by atoms with Gasteiger partial charge >= 0.3 is 0 Å². The van der Waals surface area contributed by atoms with E-state index in [-0.39, 0.29) is 11.3 Å². The first-order chi connectivity index (χ1) is 9.11. The van der Waals surface area contributed by atoms with Crippen LogP contribution in [0, 0.1) is 52.3 Å². The molecule has 3 fully saturated rings. The monoisotopic (exact) mass is 261 g/mol. The van der Waals surface area contributed by atoms with E-state index in [1.54, 1.807) is 7.11 Å². The van der Waals surface area contributed by atoms with Crippen LogP contribution >= 0.6 is 0 Å². The largest absolute Gasteiger partial charge is 0.385 e. The number of hydrogen-bond donors (Lipinski definition) is 0. The van der Waals surface area contributed by atoms with Crippen LogP contribution in [0.4, 0.5) is 0 Å². The van der Waals surface area contributed by atoms with Crippen molar-refractivity contribution in [2.24, 2.45) is 40.9 Å². The Balaban J connectivity index is 1.72. The minimum atomic E-state index is 0.208. The molecule has 3 saturated carbocycles. The molecule has 3 aliphatic carbocycles. The Morgan fingerprint density at radius 1 is 1.21 bits per heavy atom. The molecule has 0 bridgehead atoms. The molecule has 3 unspecified atom stereocenters. The van der Waals surface area contributed by atoms with Crippen molar-refractivity contribution in [3.05, 3.63) is 0 Å². The van der Waals surface area contributed by atoms with Gasteiger partial charge in [0.2, 0.25) is 0 Å². The number of methoxy groups -OCH3 is 1. The summed E-state index contributed by atoms with van der Waals surface area (Å²) in [4.78, 5) is 0. The number of nitrogens with zero attached hydrogens (tertiary/aromatic N) is 1. The van der Waals surface area contributed by atoms with E-state index >= 15 is 0 Å². The summed E-state index contributed by atoms with van der Waals surface area (Å²) in [5.41, 5.74) is 0.208. The molecule has 19 heavy (non-hydrogen) atoms. The van der Waals surface area contributed by atoms with Crippen molar-refractivity contribution in [1.29, 1.82) is 5.26 Å². The molecule has 0 heterocycles. The maximum Gasteiger partial charge on any atom is 0.0661 e. The first kappa shape index (κ1) is 13.4. The number of nitriles is 1. The van der Waals surface area contributed by atoms with Gasteiger partial charge in [-0.05, 0) is 67.1 Å². The zero-order valence-corrected chi connectivity index (χ0v) is 12.6. The zero-order chi connectivity index (χ0) is 13.6. The standard InChI is InChI=1S/C17H27NO/c1-11-8-14-13(11)9-15(14)16-5-4-12(10-18)17(16,2)6-7-19-3/h11-16H,4-9H2,1-3H3/t11?,12-,13?,14?,15-,16+,17-/m1/s1. The van der Waals surface area contributed by atoms with Gasteiger partial charge in [0.25, 0.3) is 0 Å².